The van der Waals surface area contributed by atoms with Gasteiger partial charge in [0.25, 0.3) is 0 Å². The second kappa shape index (κ2) is 18.6. The number of ether oxygens (including phenoxy) is 4. The van der Waals surface area contributed by atoms with Crippen LogP contribution in [0, 0.1) is 5.41 Å². The van der Waals surface area contributed by atoms with Gasteiger partial charge in [-0.05, 0) is 18.3 Å². The van der Waals surface area contributed by atoms with Crippen molar-refractivity contribution < 1.29 is 33.3 Å². The van der Waals surface area contributed by atoms with Crippen LogP contribution in [-0.4, -0.2) is 107 Å². The predicted molar refractivity (Wildman–Crippen MR) is 147 cm³/mol. The normalized spacial score (nSPS) is 20.6. The number of fused-ring (bicyclic) bond motifs is 1. The van der Waals surface area contributed by atoms with E-state index in [1.807, 2.05) is 11.8 Å². The van der Waals surface area contributed by atoms with Crippen molar-refractivity contribution in [1.82, 2.24) is 21.3 Å². The predicted octanol–water partition coefficient (Wildman–Crippen LogP) is 1.45. The molecule has 11 nitrogen and oxygen atoms in total. The number of nitrogens with one attached hydrogen (secondary N) is 4. The Morgan fingerprint density at radius 3 is 2.11 bits per heavy atom. The van der Waals surface area contributed by atoms with Gasteiger partial charge in [-0.25, -0.2) is 4.79 Å². The molecule has 2 saturated heterocycles. The van der Waals surface area contributed by atoms with Gasteiger partial charge in [-0.1, -0.05) is 27.2 Å². The van der Waals surface area contributed by atoms with Crippen molar-refractivity contribution >= 4 is 29.6 Å². The van der Waals surface area contributed by atoms with E-state index >= 15 is 0 Å². The molecule has 12 heteroatoms. The van der Waals surface area contributed by atoms with Gasteiger partial charge in [0.05, 0.1) is 64.9 Å². The molecule has 2 aliphatic heterocycles. The maximum Gasteiger partial charge on any atom is 0.315 e. The lowest BCUT2D eigenvalue weighted by Crippen LogP contribution is -2.36. The van der Waals surface area contributed by atoms with Crippen LogP contribution in [0.15, 0.2) is 0 Å². The fourth-order valence-electron chi connectivity index (χ4n) is 4.00. The lowest BCUT2D eigenvalue weighted by Gasteiger charge is -2.18. The third-order valence-corrected chi connectivity index (χ3v) is 7.56. The number of amides is 4. The number of unbranched alkanes of at least 4 members (excludes halogenated alkanes) is 1. The second-order valence-corrected chi connectivity index (χ2v) is 12.0. The molecule has 2 aliphatic rings. The Kier molecular flexibility index (Phi) is 16.0. The summed E-state index contributed by atoms with van der Waals surface area (Å²) in [5, 5.41) is 12.2. The summed E-state index contributed by atoms with van der Waals surface area (Å²) in [4.78, 5) is 35.1. The van der Waals surface area contributed by atoms with Crippen LogP contribution in [0.25, 0.3) is 0 Å². The third kappa shape index (κ3) is 15.1. The van der Waals surface area contributed by atoms with E-state index in [1.54, 1.807) is 0 Å². The fraction of sp³-hybridized carbons (Fsp3) is 0.885. The monoisotopic (exact) mass is 560 g/mol. The average molecular weight is 561 g/mol. The van der Waals surface area contributed by atoms with Gasteiger partial charge in [-0.3, -0.25) is 9.59 Å². The van der Waals surface area contributed by atoms with Crippen LogP contribution in [0.4, 0.5) is 4.79 Å². The first-order valence-electron chi connectivity index (χ1n) is 13.8. The van der Waals surface area contributed by atoms with Crippen LogP contribution in [0.3, 0.4) is 0 Å². The summed E-state index contributed by atoms with van der Waals surface area (Å²) in [5.74, 6) is 1.01. The highest BCUT2D eigenvalue weighted by atomic mass is 32.2. The van der Waals surface area contributed by atoms with Gasteiger partial charge in [0.15, 0.2) is 0 Å². The third-order valence-electron chi connectivity index (χ3n) is 6.05. The lowest BCUT2D eigenvalue weighted by molar-refractivity contribution is -0.123. The Hall–Kier alpha value is -1.60. The first-order chi connectivity index (χ1) is 18.2. The summed E-state index contributed by atoms with van der Waals surface area (Å²) in [7, 11) is 0. The molecule has 3 atom stereocenters. The van der Waals surface area contributed by atoms with Gasteiger partial charge in [0.2, 0.25) is 11.8 Å². The molecule has 0 bridgehead atoms. The molecule has 4 amide bonds. The molecule has 0 saturated carbocycles. The summed E-state index contributed by atoms with van der Waals surface area (Å²) in [5.41, 5.74) is 0.0760. The Morgan fingerprint density at radius 2 is 1.45 bits per heavy atom. The molecule has 0 aromatic heterocycles. The largest absolute Gasteiger partial charge is 0.379 e. The first kappa shape index (κ1) is 32.6. The first-order valence-corrected chi connectivity index (χ1v) is 14.8. The lowest BCUT2D eigenvalue weighted by atomic mass is 9.97. The van der Waals surface area contributed by atoms with Gasteiger partial charge in [-0.2, -0.15) is 11.8 Å². The quantitative estimate of drug-likeness (QED) is 0.122. The zero-order chi connectivity index (χ0) is 27.6. The van der Waals surface area contributed by atoms with E-state index in [1.165, 1.54) is 0 Å². The maximum atomic E-state index is 12.0. The zero-order valence-electron chi connectivity index (χ0n) is 23.3. The molecular formula is C26H48N4O7S. The molecule has 1 unspecified atom stereocenters. The van der Waals surface area contributed by atoms with Crippen LogP contribution in [0.1, 0.15) is 52.9 Å². The summed E-state index contributed by atoms with van der Waals surface area (Å²) < 4.78 is 21.8. The van der Waals surface area contributed by atoms with Crippen molar-refractivity contribution in [2.45, 2.75) is 70.2 Å². The standard InChI is InChI=1S/C26H48N4O7S/c1-26(2,3)19-28-23(32)8-10-34-12-14-36-16-17-37-15-13-35-11-9-27-22(31)7-5-4-6-21-24-20(18-38-21)29-25(33)30-24/h20-21,24H,4-19H2,1-3H3,(H,27,31)(H,28,32)(H2,29,30,33)/t20?,21-,24-/m0/s1. The fourth-order valence-corrected chi connectivity index (χ4v) is 5.55. The zero-order valence-corrected chi connectivity index (χ0v) is 24.1. The Labute approximate surface area is 231 Å². The Balaban J connectivity index is 1.26. The van der Waals surface area contributed by atoms with Crippen molar-refractivity contribution in [2.24, 2.45) is 5.41 Å². The molecule has 4 N–H and O–H groups in total. The van der Waals surface area contributed by atoms with Gasteiger partial charge < -0.3 is 40.2 Å². The van der Waals surface area contributed by atoms with Crippen LogP contribution in [-0.2, 0) is 28.5 Å². The number of thioether (sulfide) groups is 1. The summed E-state index contributed by atoms with van der Waals surface area (Å²) in [6.07, 6.45) is 3.70. The van der Waals surface area contributed by atoms with Gasteiger partial charge >= 0.3 is 6.03 Å². The minimum absolute atomic E-state index is 0.00191. The smallest absolute Gasteiger partial charge is 0.315 e. The SMILES string of the molecule is CC(C)(C)CNC(=O)CCOCCOCCOCCOCCNC(=O)CCCC[C@@H]1SCC2NC(=O)N[C@@H]21. The van der Waals surface area contributed by atoms with E-state index in [0.29, 0.717) is 84.0 Å². The number of hydrogen-bond acceptors (Lipinski definition) is 8. The van der Waals surface area contributed by atoms with E-state index < -0.39 is 0 Å². The van der Waals surface area contributed by atoms with E-state index in [-0.39, 0.29) is 35.3 Å². The highest BCUT2D eigenvalue weighted by molar-refractivity contribution is 8.00. The number of rotatable bonds is 21. The van der Waals surface area contributed by atoms with Crippen LogP contribution in [0.5, 0.6) is 0 Å². The van der Waals surface area contributed by atoms with Gasteiger partial charge in [-0.15, -0.1) is 0 Å². The average Bonchev–Trinajstić information content (AvgIpc) is 3.41. The molecule has 2 heterocycles. The van der Waals surface area contributed by atoms with Gasteiger partial charge in [0, 0.05) is 36.9 Å². The van der Waals surface area contributed by atoms with E-state index in [2.05, 4.69) is 42.0 Å². The highest BCUT2D eigenvalue weighted by Gasteiger charge is 2.42. The van der Waals surface area contributed by atoms with Crippen LogP contribution < -0.4 is 21.3 Å². The Morgan fingerprint density at radius 1 is 0.842 bits per heavy atom. The Bertz CT molecular complexity index is 708. The molecule has 0 aromatic carbocycles. The molecule has 2 rings (SSSR count). The molecule has 0 spiro atoms. The van der Waals surface area contributed by atoms with Crippen molar-refractivity contribution in [2.75, 3.05) is 71.7 Å². The molecule has 0 aromatic rings. The molecule has 2 fully saturated rings. The minimum atomic E-state index is -0.0589. The van der Waals surface area contributed by atoms with Crippen molar-refractivity contribution in [3.05, 3.63) is 0 Å². The van der Waals surface area contributed by atoms with E-state index in [4.69, 9.17) is 18.9 Å². The van der Waals surface area contributed by atoms with Crippen LogP contribution in [0.2, 0.25) is 0 Å². The summed E-state index contributed by atoms with van der Waals surface area (Å²) >= 11 is 1.90. The minimum Gasteiger partial charge on any atom is -0.379 e. The number of carbonyl (C=O) groups is 3. The topological polar surface area (TPSA) is 136 Å². The van der Waals surface area contributed by atoms with Crippen molar-refractivity contribution in [1.29, 1.82) is 0 Å². The van der Waals surface area contributed by atoms with E-state index in [9.17, 15) is 14.4 Å². The van der Waals surface area contributed by atoms with E-state index in [0.717, 1.165) is 25.0 Å². The van der Waals surface area contributed by atoms with Crippen molar-refractivity contribution in [3.63, 3.8) is 0 Å². The molecule has 0 aliphatic carbocycles. The molecule has 38 heavy (non-hydrogen) atoms. The molecule has 220 valence electrons. The number of urea groups is 1. The second-order valence-electron chi connectivity index (χ2n) is 10.8. The number of carbonyl (C=O) groups excluding carboxylic acids is 3. The summed E-state index contributed by atoms with van der Waals surface area (Å²) in [6.45, 7) is 11.0. The summed E-state index contributed by atoms with van der Waals surface area (Å²) in [6, 6.07) is 0.419. The van der Waals surface area contributed by atoms with Crippen molar-refractivity contribution in [3.8, 4) is 0 Å². The highest BCUT2D eigenvalue weighted by Crippen LogP contribution is 2.33. The maximum absolute atomic E-state index is 12.0. The molecule has 0 radical (unpaired) electrons. The number of hydrogen-bond donors (Lipinski definition) is 4. The van der Waals surface area contributed by atoms with Gasteiger partial charge in [0.1, 0.15) is 0 Å². The molecular weight excluding hydrogens is 512 g/mol. The van der Waals surface area contributed by atoms with Crippen LogP contribution >= 0.6 is 11.8 Å².